The van der Waals surface area contributed by atoms with Gasteiger partial charge in [-0.2, -0.15) is 0 Å². The zero-order valence-corrected chi connectivity index (χ0v) is 14.2. The van der Waals surface area contributed by atoms with Crippen molar-refractivity contribution in [1.82, 2.24) is 15.2 Å². The Morgan fingerprint density at radius 1 is 1.60 bits per heavy atom. The highest BCUT2D eigenvalue weighted by Crippen LogP contribution is 2.09. The average molecular weight is 390 g/mol. The van der Waals surface area contributed by atoms with Crippen LogP contribution in [0.25, 0.3) is 0 Å². The van der Waals surface area contributed by atoms with E-state index in [-0.39, 0.29) is 30.1 Å². The van der Waals surface area contributed by atoms with Crippen LogP contribution in [0.2, 0.25) is 0 Å². The molecular weight excluding hydrogens is 367 g/mol. The molecule has 1 atom stereocenters. The lowest BCUT2D eigenvalue weighted by molar-refractivity contribution is 0.188. The number of guanidine groups is 1. The molecule has 1 aromatic rings. The fourth-order valence-corrected chi connectivity index (χ4v) is 2.20. The van der Waals surface area contributed by atoms with Gasteiger partial charge in [-0.25, -0.2) is 0 Å². The molecule has 1 aliphatic rings. The molecular formula is C14H23IN4O. The largest absolute Gasteiger partial charge is 0.391 e. The summed E-state index contributed by atoms with van der Waals surface area (Å²) >= 11 is 0. The van der Waals surface area contributed by atoms with Crippen molar-refractivity contribution in [2.45, 2.75) is 25.9 Å². The first-order valence-corrected chi connectivity index (χ1v) is 6.90. The van der Waals surface area contributed by atoms with Gasteiger partial charge < -0.3 is 15.3 Å². The zero-order valence-electron chi connectivity index (χ0n) is 11.8. The zero-order chi connectivity index (χ0) is 13.5. The maximum Gasteiger partial charge on any atom is 0.194 e. The van der Waals surface area contributed by atoms with E-state index in [9.17, 15) is 5.11 Å². The van der Waals surface area contributed by atoms with Crippen LogP contribution in [0, 0.1) is 0 Å². The molecule has 1 fully saturated rings. The van der Waals surface area contributed by atoms with Crippen LogP contribution in [0.5, 0.6) is 0 Å². The van der Waals surface area contributed by atoms with E-state index < -0.39 is 0 Å². The molecule has 0 unspecified atom stereocenters. The van der Waals surface area contributed by atoms with Crippen LogP contribution in [0.4, 0.5) is 0 Å². The first kappa shape index (κ1) is 17.2. The molecule has 0 radical (unpaired) electrons. The molecule has 0 bridgehead atoms. The number of β-amino-alcohol motifs (C(OH)–C–C–N with tert-alkyl or cyclic N) is 1. The van der Waals surface area contributed by atoms with Gasteiger partial charge in [-0.05, 0) is 31.4 Å². The van der Waals surface area contributed by atoms with Crippen molar-refractivity contribution < 1.29 is 5.11 Å². The first-order chi connectivity index (χ1) is 9.29. The van der Waals surface area contributed by atoms with Gasteiger partial charge in [0.05, 0.1) is 6.10 Å². The molecule has 0 amide bonds. The summed E-state index contributed by atoms with van der Waals surface area (Å²) in [5, 5.41) is 12.9. The number of pyridine rings is 1. The highest BCUT2D eigenvalue weighted by Gasteiger charge is 2.22. The summed E-state index contributed by atoms with van der Waals surface area (Å²) in [5.41, 5.74) is 1.20. The minimum atomic E-state index is -0.220. The number of aromatic nitrogens is 1. The van der Waals surface area contributed by atoms with Crippen molar-refractivity contribution in [1.29, 1.82) is 0 Å². The van der Waals surface area contributed by atoms with Gasteiger partial charge in [0, 0.05) is 38.6 Å². The second-order valence-electron chi connectivity index (χ2n) is 4.74. The molecule has 112 valence electrons. The van der Waals surface area contributed by atoms with E-state index >= 15 is 0 Å². The summed E-state index contributed by atoms with van der Waals surface area (Å²) < 4.78 is 0. The predicted octanol–water partition coefficient (Wildman–Crippen LogP) is 1.27. The third-order valence-corrected chi connectivity index (χ3v) is 3.18. The third kappa shape index (κ3) is 5.24. The molecule has 2 N–H and O–H groups in total. The Morgan fingerprint density at radius 2 is 2.45 bits per heavy atom. The maximum absolute atomic E-state index is 9.59. The number of nitrogens with one attached hydrogen (secondary N) is 1. The second kappa shape index (κ2) is 9.12. The Balaban J connectivity index is 0.00000200. The predicted molar refractivity (Wildman–Crippen MR) is 91.5 cm³/mol. The number of aliphatic hydroxyl groups is 1. The molecule has 0 saturated carbocycles. The van der Waals surface area contributed by atoms with Gasteiger partial charge in [0.2, 0.25) is 0 Å². The lowest BCUT2D eigenvalue weighted by Gasteiger charge is -2.20. The summed E-state index contributed by atoms with van der Waals surface area (Å²) in [6, 6.07) is 4.01. The van der Waals surface area contributed by atoms with Gasteiger partial charge in [0.25, 0.3) is 0 Å². The Kier molecular flexibility index (Phi) is 7.83. The van der Waals surface area contributed by atoms with Gasteiger partial charge in [-0.15, -0.1) is 24.0 Å². The summed E-state index contributed by atoms with van der Waals surface area (Å²) in [4.78, 5) is 10.8. The molecule has 2 heterocycles. The lowest BCUT2D eigenvalue weighted by Crippen LogP contribution is -2.40. The fraction of sp³-hybridized carbons (Fsp3) is 0.571. The molecule has 0 aromatic carbocycles. The van der Waals surface area contributed by atoms with E-state index in [1.807, 2.05) is 12.3 Å². The number of hydrogen-bond donors (Lipinski definition) is 2. The van der Waals surface area contributed by atoms with Crippen molar-refractivity contribution in [2.24, 2.45) is 4.99 Å². The van der Waals surface area contributed by atoms with Crippen molar-refractivity contribution in [3.05, 3.63) is 30.1 Å². The number of rotatable bonds is 4. The van der Waals surface area contributed by atoms with Crippen molar-refractivity contribution >= 4 is 29.9 Å². The van der Waals surface area contributed by atoms with E-state index in [0.29, 0.717) is 6.54 Å². The Hall–Kier alpha value is -0.890. The summed E-state index contributed by atoms with van der Waals surface area (Å²) in [6.45, 7) is 5.20. The average Bonchev–Trinajstić information content (AvgIpc) is 2.86. The molecule has 5 nitrogen and oxygen atoms in total. The van der Waals surface area contributed by atoms with Crippen LogP contribution in [-0.2, 0) is 6.42 Å². The number of nitrogens with zero attached hydrogens (tertiary/aromatic N) is 3. The van der Waals surface area contributed by atoms with Gasteiger partial charge in [-0.1, -0.05) is 6.07 Å². The molecule has 0 spiro atoms. The smallest absolute Gasteiger partial charge is 0.194 e. The Labute approximate surface area is 137 Å². The number of aliphatic imine (C=N–C) groups is 1. The fourth-order valence-electron chi connectivity index (χ4n) is 2.20. The quantitative estimate of drug-likeness (QED) is 0.462. The van der Waals surface area contributed by atoms with Gasteiger partial charge in [0.15, 0.2) is 5.96 Å². The SMILES string of the molecule is CCNC(=NCCc1cccnc1)N1CC[C@@H](O)C1.I. The van der Waals surface area contributed by atoms with Crippen molar-refractivity contribution in [3.63, 3.8) is 0 Å². The molecule has 20 heavy (non-hydrogen) atoms. The maximum atomic E-state index is 9.59. The van der Waals surface area contributed by atoms with Crippen molar-refractivity contribution in [3.8, 4) is 0 Å². The van der Waals surface area contributed by atoms with Gasteiger partial charge in [-0.3, -0.25) is 9.98 Å². The highest BCUT2D eigenvalue weighted by molar-refractivity contribution is 14.0. The minimum absolute atomic E-state index is 0. The highest BCUT2D eigenvalue weighted by atomic mass is 127. The summed E-state index contributed by atoms with van der Waals surface area (Å²) in [7, 11) is 0. The third-order valence-electron chi connectivity index (χ3n) is 3.18. The van der Waals surface area contributed by atoms with Crippen LogP contribution in [-0.4, -0.2) is 53.2 Å². The number of likely N-dealkylation sites (tertiary alicyclic amines) is 1. The second-order valence-corrected chi connectivity index (χ2v) is 4.74. The number of aliphatic hydroxyl groups excluding tert-OH is 1. The van der Waals surface area contributed by atoms with E-state index in [1.165, 1.54) is 5.56 Å². The summed E-state index contributed by atoms with van der Waals surface area (Å²) in [5.74, 6) is 0.906. The first-order valence-electron chi connectivity index (χ1n) is 6.90. The summed E-state index contributed by atoms with van der Waals surface area (Å²) in [6.07, 6.45) is 5.15. The van der Waals surface area contributed by atoms with E-state index in [1.54, 1.807) is 6.20 Å². The van der Waals surface area contributed by atoms with E-state index in [0.717, 1.165) is 38.4 Å². The number of halogens is 1. The van der Waals surface area contributed by atoms with E-state index in [4.69, 9.17) is 0 Å². The van der Waals surface area contributed by atoms with Crippen LogP contribution >= 0.6 is 24.0 Å². The topological polar surface area (TPSA) is 60.8 Å². The molecule has 1 aromatic heterocycles. The van der Waals surface area contributed by atoms with E-state index in [2.05, 4.69) is 33.2 Å². The molecule has 6 heteroatoms. The van der Waals surface area contributed by atoms with Gasteiger partial charge >= 0.3 is 0 Å². The van der Waals surface area contributed by atoms with Crippen molar-refractivity contribution in [2.75, 3.05) is 26.2 Å². The molecule has 2 rings (SSSR count). The minimum Gasteiger partial charge on any atom is -0.391 e. The lowest BCUT2D eigenvalue weighted by atomic mass is 10.2. The monoisotopic (exact) mass is 390 g/mol. The number of hydrogen-bond acceptors (Lipinski definition) is 3. The van der Waals surface area contributed by atoms with Gasteiger partial charge in [0.1, 0.15) is 0 Å². The Morgan fingerprint density at radius 3 is 3.05 bits per heavy atom. The molecule has 1 aliphatic heterocycles. The molecule has 0 aliphatic carbocycles. The normalized spacial score (nSPS) is 18.8. The Bertz CT molecular complexity index is 413. The standard InChI is InChI=1S/C14H22N4O.HI/c1-2-16-14(18-9-6-13(19)11-18)17-8-5-12-4-3-7-15-10-12;/h3-4,7,10,13,19H,2,5-6,8-9,11H2,1H3,(H,16,17);1H/t13-;/m1./s1. The van der Waals surface area contributed by atoms with Crippen LogP contribution in [0.1, 0.15) is 18.9 Å². The molecule has 1 saturated heterocycles. The van der Waals surface area contributed by atoms with Crippen LogP contribution in [0.3, 0.4) is 0 Å². The van der Waals surface area contributed by atoms with Crippen LogP contribution < -0.4 is 5.32 Å². The van der Waals surface area contributed by atoms with Crippen LogP contribution in [0.15, 0.2) is 29.5 Å².